The molecule has 0 spiro atoms. The fourth-order valence-corrected chi connectivity index (χ4v) is 2.44. The number of amides is 1. The van der Waals surface area contributed by atoms with Crippen LogP contribution in [0.15, 0.2) is 52.9 Å². The zero-order valence-electron chi connectivity index (χ0n) is 11.6. The second-order valence-electron chi connectivity index (χ2n) is 4.69. The summed E-state index contributed by atoms with van der Waals surface area (Å²) in [5.74, 6) is 0.523. The molecular formula is C16H10Cl2N2O2S. The van der Waals surface area contributed by atoms with E-state index in [1.54, 1.807) is 48.5 Å². The van der Waals surface area contributed by atoms with Gasteiger partial charge < -0.3 is 9.73 Å². The number of anilines is 1. The quantitative estimate of drug-likeness (QED) is 0.597. The van der Waals surface area contributed by atoms with Gasteiger partial charge in [0, 0.05) is 21.2 Å². The minimum atomic E-state index is -0.302. The summed E-state index contributed by atoms with van der Waals surface area (Å²) in [6, 6.07) is 13.6. The molecule has 3 aromatic rings. The Morgan fingerprint density at radius 1 is 1.00 bits per heavy atom. The number of nitrogens with one attached hydrogen (secondary N) is 2. The van der Waals surface area contributed by atoms with Crippen LogP contribution in [-0.4, -0.2) is 10.9 Å². The van der Waals surface area contributed by atoms with Gasteiger partial charge in [-0.05, 0) is 60.7 Å². The highest BCUT2D eigenvalue weighted by molar-refractivity contribution is 7.71. The van der Waals surface area contributed by atoms with Gasteiger partial charge in [0.15, 0.2) is 11.6 Å². The molecule has 0 unspecified atom stereocenters. The van der Waals surface area contributed by atoms with Crippen LogP contribution in [0.3, 0.4) is 0 Å². The molecule has 0 radical (unpaired) electrons. The molecule has 0 atom stereocenters. The molecule has 4 nitrogen and oxygen atoms in total. The van der Waals surface area contributed by atoms with Crippen molar-refractivity contribution < 1.29 is 9.21 Å². The van der Waals surface area contributed by atoms with Crippen LogP contribution in [-0.2, 0) is 0 Å². The van der Waals surface area contributed by atoms with Crippen molar-refractivity contribution >= 4 is 47.1 Å². The molecule has 0 saturated carbocycles. The number of halogens is 2. The fourth-order valence-electron chi connectivity index (χ4n) is 2.01. The lowest BCUT2D eigenvalue weighted by molar-refractivity contribution is 0.102. The van der Waals surface area contributed by atoms with E-state index >= 15 is 0 Å². The van der Waals surface area contributed by atoms with Gasteiger partial charge in [0.1, 0.15) is 0 Å². The van der Waals surface area contributed by atoms with Gasteiger partial charge in [-0.1, -0.05) is 23.2 Å². The summed E-state index contributed by atoms with van der Waals surface area (Å²) in [5.41, 5.74) is 1.21. The molecule has 7 heteroatoms. The maximum Gasteiger partial charge on any atom is 0.268 e. The molecule has 1 heterocycles. The molecular weight excluding hydrogens is 355 g/mol. The fraction of sp³-hybridized carbons (Fsp3) is 0. The van der Waals surface area contributed by atoms with Crippen LogP contribution in [0.5, 0.6) is 0 Å². The molecule has 0 aliphatic carbocycles. The van der Waals surface area contributed by atoms with Crippen LogP contribution in [0.25, 0.3) is 11.3 Å². The maximum absolute atomic E-state index is 12.3. The number of hydrogen-bond acceptors (Lipinski definition) is 3. The van der Waals surface area contributed by atoms with Crippen molar-refractivity contribution in [3.8, 4) is 11.3 Å². The number of benzene rings is 2. The first-order valence-electron chi connectivity index (χ1n) is 6.59. The zero-order chi connectivity index (χ0) is 16.4. The highest BCUT2D eigenvalue weighted by atomic mass is 35.5. The first-order valence-corrected chi connectivity index (χ1v) is 7.75. The van der Waals surface area contributed by atoms with Crippen molar-refractivity contribution in [2.75, 3.05) is 5.32 Å². The molecule has 1 amide bonds. The first-order chi connectivity index (χ1) is 11.0. The van der Waals surface area contributed by atoms with E-state index in [9.17, 15) is 4.79 Å². The van der Waals surface area contributed by atoms with Crippen LogP contribution in [0.2, 0.25) is 10.0 Å². The monoisotopic (exact) mass is 364 g/mol. The molecule has 1 aromatic heterocycles. The second-order valence-corrected chi connectivity index (χ2v) is 5.93. The number of aromatic nitrogens is 1. The maximum atomic E-state index is 12.3. The molecule has 2 aromatic carbocycles. The predicted molar refractivity (Wildman–Crippen MR) is 93.7 cm³/mol. The Morgan fingerprint density at radius 3 is 2.17 bits per heavy atom. The Hall–Kier alpha value is -2.08. The first kappa shape index (κ1) is 15.8. The Balaban J connectivity index is 1.91. The van der Waals surface area contributed by atoms with Gasteiger partial charge in [-0.2, -0.15) is 0 Å². The van der Waals surface area contributed by atoms with Crippen molar-refractivity contribution in [2.24, 2.45) is 0 Å². The predicted octanol–water partition coefficient (Wildman–Crippen LogP) is 5.56. The molecule has 23 heavy (non-hydrogen) atoms. The van der Waals surface area contributed by atoms with E-state index < -0.39 is 0 Å². The van der Waals surface area contributed by atoms with E-state index in [0.29, 0.717) is 27.2 Å². The third-order valence-electron chi connectivity index (χ3n) is 3.10. The van der Waals surface area contributed by atoms with Crippen LogP contribution in [0.4, 0.5) is 5.82 Å². The lowest BCUT2D eigenvalue weighted by Gasteiger charge is -2.05. The van der Waals surface area contributed by atoms with E-state index in [-0.39, 0.29) is 10.7 Å². The summed E-state index contributed by atoms with van der Waals surface area (Å²) in [4.78, 5) is 15.3. The van der Waals surface area contributed by atoms with Crippen LogP contribution < -0.4 is 5.32 Å². The van der Waals surface area contributed by atoms with E-state index in [4.69, 9.17) is 39.8 Å². The topological polar surface area (TPSA) is 58.0 Å². The van der Waals surface area contributed by atoms with Gasteiger partial charge in [-0.15, -0.1) is 0 Å². The van der Waals surface area contributed by atoms with Gasteiger partial charge in [-0.25, -0.2) is 0 Å². The highest BCUT2D eigenvalue weighted by Gasteiger charge is 2.15. The van der Waals surface area contributed by atoms with Gasteiger partial charge in [-0.3, -0.25) is 9.78 Å². The third kappa shape index (κ3) is 3.64. The standard InChI is InChI=1S/C16H10Cl2N2O2S/c17-11-5-1-9(2-6-11)13-14(20-16(23)22-13)19-15(21)10-3-7-12(18)8-4-10/h1-8H,(H,19,21)(H,20,23). The normalized spacial score (nSPS) is 10.5. The summed E-state index contributed by atoms with van der Waals surface area (Å²) in [6.07, 6.45) is 0. The van der Waals surface area contributed by atoms with Crippen molar-refractivity contribution in [1.82, 2.24) is 4.98 Å². The van der Waals surface area contributed by atoms with Crippen LogP contribution >= 0.6 is 35.4 Å². The molecule has 3 rings (SSSR count). The Labute approximate surface area is 147 Å². The number of aromatic amines is 1. The van der Waals surface area contributed by atoms with Gasteiger partial charge in [0.25, 0.3) is 10.7 Å². The number of carbonyl (C=O) groups is 1. The Morgan fingerprint density at radius 2 is 1.57 bits per heavy atom. The average molecular weight is 365 g/mol. The lowest BCUT2D eigenvalue weighted by atomic mass is 10.1. The summed E-state index contributed by atoms with van der Waals surface area (Å²) in [5, 5.41) is 3.92. The van der Waals surface area contributed by atoms with E-state index in [2.05, 4.69) is 10.3 Å². The van der Waals surface area contributed by atoms with Crippen molar-refractivity contribution in [1.29, 1.82) is 0 Å². The van der Waals surface area contributed by atoms with Crippen molar-refractivity contribution in [3.05, 3.63) is 69.0 Å². The number of H-pyrrole nitrogens is 1. The Kier molecular flexibility index (Phi) is 4.52. The van der Waals surface area contributed by atoms with E-state index in [0.717, 1.165) is 5.56 Å². The number of hydrogen-bond donors (Lipinski definition) is 2. The number of rotatable bonds is 3. The van der Waals surface area contributed by atoms with E-state index in [1.807, 2.05) is 0 Å². The largest absolute Gasteiger partial charge is 0.427 e. The van der Waals surface area contributed by atoms with Crippen LogP contribution in [0.1, 0.15) is 10.4 Å². The van der Waals surface area contributed by atoms with E-state index in [1.165, 1.54) is 0 Å². The molecule has 2 N–H and O–H groups in total. The zero-order valence-corrected chi connectivity index (χ0v) is 13.9. The minimum absolute atomic E-state index is 0.168. The van der Waals surface area contributed by atoms with Crippen molar-refractivity contribution in [3.63, 3.8) is 0 Å². The third-order valence-corrected chi connectivity index (χ3v) is 3.79. The highest BCUT2D eigenvalue weighted by Crippen LogP contribution is 2.29. The second kappa shape index (κ2) is 6.58. The summed E-state index contributed by atoms with van der Waals surface area (Å²) in [6.45, 7) is 0. The lowest BCUT2D eigenvalue weighted by Crippen LogP contribution is -2.12. The minimum Gasteiger partial charge on any atom is -0.427 e. The number of carbonyl (C=O) groups excluding carboxylic acids is 1. The van der Waals surface area contributed by atoms with Gasteiger partial charge in [0.05, 0.1) is 0 Å². The summed E-state index contributed by atoms with van der Waals surface area (Å²) < 4.78 is 5.48. The van der Waals surface area contributed by atoms with Gasteiger partial charge in [0.2, 0.25) is 0 Å². The molecule has 0 aliphatic rings. The number of oxazole rings is 1. The smallest absolute Gasteiger partial charge is 0.268 e. The molecule has 0 bridgehead atoms. The Bertz CT molecular complexity index is 899. The molecule has 116 valence electrons. The molecule has 0 saturated heterocycles. The molecule has 0 fully saturated rings. The summed E-state index contributed by atoms with van der Waals surface area (Å²) >= 11 is 16.7. The molecule has 0 aliphatic heterocycles. The van der Waals surface area contributed by atoms with Gasteiger partial charge >= 0.3 is 0 Å². The average Bonchev–Trinajstić information content (AvgIpc) is 2.89. The SMILES string of the molecule is O=C(Nc1[nH]c(=S)oc1-c1ccc(Cl)cc1)c1ccc(Cl)cc1. The summed E-state index contributed by atoms with van der Waals surface area (Å²) in [7, 11) is 0. The van der Waals surface area contributed by atoms with Crippen LogP contribution in [0, 0.1) is 4.84 Å². The van der Waals surface area contributed by atoms with Crippen molar-refractivity contribution in [2.45, 2.75) is 0 Å².